The number of carbonyl (C=O) groups is 2. The van der Waals surface area contributed by atoms with Crippen molar-refractivity contribution in [2.45, 2.75) is 57.5 Å². The van der Waals surface area contributed by atoms with Gasteiger partial charge in [-0.15, -0.1) is 0 Å². The Kier molecular flexibility index (Phi) is 6.88. The Morgan fingerprint density at radius 3 is 2.74 bits per heavy atom. The van der Waals surface area contributed by atoms with E-state index in [0.29, 0.717) is 24.9 Å². The molecule has 184 valence electrons. The van der Waals surface area contributed by atoms with Crippen molar-refractivity contribution >= 4 is 11.8 Å². The van der Waals surface area contributed by atoms with Gasteiger partial charge in [-0.25, -0.2) is 0 Å². The summed E-state index contributed by atoms with van der Waals surface area (Å²) in [5, 5.41) is 6.39. The number of ether oxygens (including phenoxy) is 1. The summed E-state index contributed by atoms with van der Waals surface area (Å²) in [6.45, 7) is 10.1. The summed E-state index contributed by atoms with van der Waals surface area (Å²) in [5.41, 5.74) is 3.60. The molecule has 7 heteroatoms. The van der Waals surface area contributed by atoms with Crippen LogP contribution in [0, 0.1) is 0 Å². The highest BCUT2D eigenvalue weighted by Gasteiger charge is 2.38. The fourth-order valence-electron chi connectivity index (χ4n) is 5.46. The number of rotatable bonds is 7. The summed E-state index contributed by atoms with van der Waals surface area (Å²) < 4.78 is 6.54. The molecule has 0 spiro atoms. The number of likely N-dealkylation sites (tertiary alicyclic amines) is 1. The van der Waals surface area contributed by atoms with Gasteiger partial charge in [0.2, 0.25) is 5.91 Å². The number of likely N-dealkylation sites (N-methyl/N-ethyl adjacent to an activating group) is 1. The number of benzene rings is 2. The van der Waals surface area contributed by atoms with Gasteiger partial charge in [-0.3, -0.25) is 14.5 Å². The Morgan fingerprint density at radius 1 is 1.14 bits per heavy atom. The van der Waals surface area contributed by atoms with Crippen LogP contribution in [-0.4, -0.2) is 59.4 Å². The SMILES string of the molecule is C=C1CCC(N2Cc3cc(OC4CN(Cc5ccccc5)CCC4NCC)ccc3C2=O)C(=O)N1. The second-order valence-corrected chi connectivity index (χ2v) is 9.73. The molecule has 2 fully saturated rings. The van der Waals surface area contributed by atoms with Gasteiger partial charge in [0.15, 0.2) is 0 Å². The number of hydrogen-bond donors (Lipinski definition) is 2. The van der Waals surface area contributed by atoms with E-state index in [1.165, 1.54) is 5.56 Å². The maximum Gasteiger partial charge on any atom is 0.255 e. The number of carbonyl (C=O) groups excluding carboxylic acids is 2. The minimum atomic E-state index is -0.451. The Morgan fingerprint density at radius 2 is 1.97 bits per heavy atom. The average molecular weight is 475 g/mol. The van der Waals surface area contributed by atoms with Crippen molar-refractivity contribution in [3.8, 4) is 5.75 Å². The average Bonchev–Trinajstić information content (AvgIpc) is 3.17. The molecule has 0 saturated carbocycles. The topological polar surface area (TPSA) is 73.9 Å². The molecule has 0 bridgehead atoms. The van der Waals surface area contributed by atoms with Gasteiger partial charge in [0.1, 0.15) is 17.9 Å². The molecule has 3 unspecified atom stereocenters. The number of nitrogens with one attached hydrogen (secondary N) is 2. The zero-order chi connectivity index (χ0) is 24.4. The van der Waals surface area contributed by atoms with Crippen molar-refractivity contribution in [3.05, 3.63) is 77.5 Å². The van der Waals surface area contributed by atoms with Gasteiger partial charge in [0.25, 0.3) is 5.91 Å². The van der Waals surface area contributed by atoms with Crippen LogP contribution >= 0.6 is 0 Å². The first-order valence-electron chi connectivity index (χ1n) is 12.6. The highest BCUT2D eigenvalue weighted by molar-refractivity contribution is 6.01. The first-order chi connectivity index (χ1) is 17.0. The number of nitrogens with zero attached hydrogens (tertiary/aromatic N) is 2. The molecule has 3 heterocycles. The minimum absolute atomic E-state index is 0.00815. The molecule has 7 nitrogen and oxygen atoms in total. The Hall–Kier alpha value is -3.16. The van der Waals surface area contributed by atoms with Crippen LogP contribution in [0.3, 0.4) is 0 Å². The molecule has 2 saturated heterocycles. The number of piperidine rings is 2. The molecule has 5 rings (SSSR count). The first-order valence-corrected chi connectivity index (χ1v) is 12.6. The molecule has 0 aromatic heterocycles. The zero-order valence-corrected chi connectivity index (χ0v) is 20.3. The largest absolute Gasteiger partial charge is 0.487 e. The lowest BCUT2D eigenvalue weighted by Crippen LogP contribution is -2.54. The van der Waals surface area contributed by atoms with Crippen molar-refractivity contribution < 1.29 is 14.3 Å². The molecular formula is C28H34N4O3. The summed E-state index contributed by atoms with van der Waals surface area (Å²) in [4.78, 5) is 29.6. The van der Waals surface area contributed by atoms with Crippen LogP contribution in [0.2, 0.25) is 0 Å². The number of hydrogen-bond acceptors (Lipinski definition) is 5. The number of allylic oxidation sites excluding steroid dienone is 1. The van der Waals surface area contributed by atoms with E-state index in [9.17, 15) is 9.59 Å². The second-order valence-electron chi connectivity index (χ2n) is 9.73. The molecule has 2 N–H and O–H groups in total. The third-order valence-corrected chi connectivity index (χ3v) is 7.25. The minimum Gasteiger partial charge on any atom is -0.487 e. The van der Waals surface area contributed by atoms with E-state index < -0.39 is 6.04 Å². The van der Waals surface area contributed by atoms with Crippen molar-refractivity contribution in [1.29, 1.82) is 0 Å². The first kappa shape index (κ1) is 23.6. The van der Waals surface area contributed by atoms with Crippen LogP contribution in [0.5, 0.6) is 5.75 Å². The molecule has 3 aliphatic rings. The van der Waals surface area contributed by atoms with Gasteiger partial charge in [0, 0.05) is 43.5 Å². The molecule has 2 aromatic rings. The molecular weight excluding hydrogens is 440 g/mol. The lowest BCUT2D eigenvalue weighted by atomic mass is 10.0. The van der Waals surface area contributed by atoms with Crippen LogP contribution in [-0.2, 0) is 17.9 Å². The summed E-state index contributed by atoms with van der Waals surface area (Å²) in [6.07, 6.45) is 2.33. The van der Waals surface area contributed by atoms with E-state index in [-0.39, 0.29) is 24.0 Å². The number of fused-ring (bicyclic) bond motifs is 1. The van der Waals surface area contributed by atoms with Gasteiger partial charge >= 0.3 is 0 Å². The normalized spacial score (nSPS) is 24.9. The molecule has 0 radical (unpaired) electrons. The fraction of sp³-hybridized carbons (Fsp3) is 0.429. The predicted molar refractivity (Wildman–Crippen MR) is 135 cm³/mol. The van der Waals surface area contributed by atoms with E-state index in [0.717, 1.165) is 49.6 Å². The maximum absolute atomic E-state index is 13.0. The van der Waals surface area contributed by atoms with Crippen LogP contribution in [0.15, 0.2) is 60.8 Å². The highest BCUT2D eigenvalue weighted by atomic mass is 16.5. The van der Waals surface area contributed by atoms with Gasteiger partial charge in [-0.2, -0.15) is 0 Å². The van der Waals surface area contributed by atoms with E-state index in [2.05, 4.69) is 53.3 Å². The van der Waals surface area contributed by atoms with Crippen LogP contribution in [0.25, 0.3) is 0 Å². The van der Waals surface area contributed by atoms with E-state index in [1.54, 1.807) is 4.90 Å². The van der Waals surface area contributed by atoms with Crippen molar-refractivity contribution in [2.75, 3.05) is 19.6 Å². The summed E-state index contributed by atoms with van der Waals surface area (Å²) in [5.74, 6) is 0.541. The Labute approximate surface area is 207 Å². The van der Waals surface area contributed by atoms with E-state index >= 15 is 0 Å². The molecule has 35 heavy (non-hydrogen) atoms. The van der Waals surface area contributed by atoms with Crippen molar-refractivity contribution in [3.63, 3.8) is 0 Å². The molecule has 3 atom stereocenters. The third kappa shape index (κ3) is 5.11. The summed E-state index contributed by atoms with van der Waals surface area (Å²) in [6, 6.07) is 16.1. The lowest BCUT2D eigenvalue weighted by Gasteiger charge is -2.39. The maximum atomic E-state index is 13.0. The smallest absolute Gasteiger partial charge is 0.255 e. The van der Waals surface area contributed by atoms with Crippen molar-refractivity contribution in [1.82, 2.24) is 20.4 Å². The standard InChI is InChI=1S/C28H34N4O3/c1-3-29-24-13-14-31(16-20-7-5-4-6-8-20)18-26(24)35-22-10-11-23-21(15-22)17-32(28(23)34)25-12-9-19(2)30-27(25)33/h4-8,10-11,15,24-26,29H,2-3,9,12-14,16-18H2,1H3,(H,30,33). The van der Waals surface area contributed by atoms with Gasteiger partial charge in [0.05, 0.1) is 0 Å². The van der Waals surface area contributed by atoms with Gasteiger partial charge in [-0.05, 0) is 55.1 Å². The summed E-state index contributed by atoms with van der Waals surface area (Å²) >= 11 is 0. The predicted octanol–water partition coefficient (Wildman–Crippen LogP) is 3.07. The Bertz CT molecular complexity index is 1100. The third-order valence-electron chi connectivity index (χ3n) is 7.25. The fourth-order valence-corrected chi connectivity index (χ4v) is 5.46. The zero-order valence-electron chi connectivity index (χ0n) is 20.3. The molecule has 0 aliphatic carbocycles. The van der Waals surface area contributed by atoms with Crippen LogP contribution in [0.4, 0.5) is 0 Å². The molecule has 2 aromatic carbocycles. The van der Waals surface area contributed by atoms with Crippen LogP contribution in [0.1, 0.15) is 47.7 Å². The quantitative estimate of drug-likeness (QED) is 0.645. The molecule has 2 amide bonds. The monoisotopic (exact) mass is 474 g/mol. The number of amides is 2. The Balaban J connectivity index is 1.28. The second kappa shape index (κ2) is 10.2. The van der Waals surface area contributed by atoms with Gasteiger partial charge < -0.3 is 20.3 Å². The lowest BCUT2D eigenvalue weighted by molar-refractivity contribution is -0.126. The van der Waals surface area contributed by atoms with E-state index in [1.807, 2.05) is 24.3 Å². The van der Waals surface area contributed by atoms with Crippen molar-refractivity contribution in [2.24, 2.45) is 0 Å². The molecule has 3 aliphatic heterocycles. The van der Waals surface area contributed by atoms with E-state index in [4.69, 9.17) is 4.74 Å². The highest BCUT2D eigenvalue weighted by Crippen LogP contribution is 2.31. The van der Waals surface area contributed by atoms with Gasteiger partial charge in [-0.1, -0.05) is 43.8 Å². The van der Waals surface area contributed by atoms with Crippen LogP contribution < -0.4 is 15.4 Å². The summed E-state index contributed by atoms with van der Waals surface area (Å²) in [7, 11) is 0.